The Hall–Kier alpha value is -2.76. The second-order valence-corrected chi connectivity index (χ2v) is 6.39. The number of fused-ring (bicyclic) bond motifs is 2. The van der Waals surface area contributed by atoms with Crippen LogP contribution in [0.4, 0.5) is 0 Å². The van der Waals surface area contributed by atoms with E-state index in [-0.39, 0.29) is 24.7 Å². The molecule has 0 bridgehead atoms. The van der Waals surface area contributed by atoms with Crippen LogP contribution < -0.4 is 4.74 Å². The van der Waals surface area contributed by atoms with Crippen molar-refractivity contribution in [1.29, 1.82) is 0 Å². The Morgan fingerprint density at radius 1 is 1.15 bits per heavy atom. The van der Waals surface area contributed by atoms with Gasteiger partial charge >= 0.3 is 5.97 Å². The molecular formula is C20H15ClO5. The number of carbonyl (C=O) groups excluding carboxylic acids is 1. The topological polar surface area (TPSA) is 65.0 Å². The maximum absolute atomic E-state index is 12.5. The van der Waals surface area contributed by atoms with Crippen LogP contribution in [0.2, 0.25) is 5.02 Å². The van der Waals surface area contributed by atoms with Gasteiger partial charge in [-0.25, -0.2) is 4.79 Å². The number of aromatic hydroxyl groups is 1. The molecule has 3 aromatic carbocycles. The van der Waals surface area contributed by atoms with Crippen LogP contribution in [0.15, 0.2) is 48.5 Å². The highest BCUT2D eigenvalue weighted by Crippen LogP contribution is 2.32. The molecule has 0 radical (unpaired) electrons. The van der Waals surface area contributed by atoms with Gasteiger partial charge in [0.2, 0.25) is 0 Å². The maximum Gasteiger partial charge on any atom is 0.342 e. The number of phenols is 1. The van der Waals surface area contributed by atoms with Crippen molar-refractivity contribution in [2.75, 3.05) is 6.79 Å². The van der Waals surface area contributed by atoms with Crippen LogP contribution in [0.3, 0.4) is 0 Å². The highest BCUT2D eigenvalue weighted by atomic mass is 35.5. The van der Waals surface area contributed by atoms with E-state index in [1.165, 1.54) is 0 Å². The minimum absolute atomic E-state index is 0.0198. The SMILES string of the molecule is O=C(OCc1cc(Cl)cc2c1OCOC2)c1cc2ccccc2cc1O. The lowest BCUT2D eigenvalue weighted by molar-refractivity contribution is -0.0180. The number of halogens is 1. The average Bonchev–Trinajstić information content (AvgIpc) is 2.65. The molecule has 0 atom stereocenters. The number of hydrogen-bond acceptors (Lipinski definition) is 5. The predicted molar refractivity (Wildman–Crippen MR) is 96.5 cm³/mol. The van der Waals surface area contributed by atoms with E-state index in [1.807, 2.05) is 24.3 Å². The highest BCUT2D eigenvalue weighted by molar-refractivity contribution is 6.30. The first-order valence-corrected chi connectivity index (χ1v) is 8.40. The van der Waals surface area contributed by atoms with Gasteiger partial charge in [-0.15, -0.1) is 0 Å². The number of esters is 1. The zero-order valence-electron chi connectivity index (χ0n) is 13.7. The van der Waals surface area contributed by atoms with Crippen LogP contribution in [-0.2, 0) is 22.7 Å². The fourth-order valence-corrected chi connectivity index (χ4v) is 3.24. The van der Waals surface area contributed by atoms with Gasteiger partial charge in [-0.3, -0.25) is 0 Å². The van der Waals surface area contributed by atoms with Gasteiger partial charge < -0.3 is 19.3 Å². The molecule has 5 nitrogen and oxygen atoms in total. The summed E-state index contributed by atoms with van der Waals surface area (Å²) in [5, 5.41) is 12.4. The average molecular weight is 371 g/mol. The Balaban J connectivity index is 1.58. The van der Waals surface area contributed by atoms with E-state index in [1.54, 1.807) is 24.3 Å². The van der Waals surface area contributed by atoms with Crippen molar-refractivity contribution in [3.63, 3.8) is 0 Å². The Morgan fingerprint density at radius 2 is 1.92 bits per heavy atom. The Labute approximate surface area is 154 Å². The zero-order valence-corrected chi connectivity index (χ0v) is 14.5. The molecule has 0 saturated heterocycles. The molecule has 6 heteroatoms. The van der Waals surface area contributed by atoms with E-state index < -0.39 is 5.97 Å². The Kier molecular flexibility index (Phi) is 4.41. The van der Waals surface area contributed by atoms with Crippen molar-refractivity contribution in [2.24, 2.45) is 0 Å². The van der Waals surface area contributed by atoms with Crippen molar-refractivity contribution >= 4 is 28.3 Å². The summed E-state index contributed by atoms with van der Waals surface area (Å²) in [6, 6.07) is 14.1. The number of ether oxygens (including phenoxy) is 3. The minimum Gasteiger partial charge on any atom is -0.507 e. The molecule has 1 aliphatic rings. The Bertz CT molecular complexity index is 999. The number of benzene rings is 3. The molecule has 0 aliphatic carbocycles. The second-order valence-electron chi connectivity index (χ2n) is 5.96. The van der Waals surface area contributed by atoms with Gasteiger partial charge in [0.05, 0.1) is 6.61 Å². The molecule has 0 fully saturated rings. The summed E-state index contributed by atoms with van der Waals surface area (Å²) in [5.74, 6) is -0.114. The summed E-state index contributed by atoms with van der Waals surface area (Å²) in [5.41, 5.74) is 1.58. The summed E-state index contributed by atoms with van der Waals surface area (Å²) >= 11 is 6.11. The lowest BCUT2D eigenvalue weighted by atomic mass is 10.1. The molecule has 0 saturated carbocycles. The Morgan fingerprint density at radius 3 is 2.73 bits per heavy atom. The molecule has 0 amide bonds. The molecule has 0 unspecified atom stereocenters. The molecule has 26 heavy (non-hydrogen) atoms. The van der Waals surface area contributed by atoms with E-state index in [0.29, 0.717) is 22.9 Å². The quantitative estimate of drug-likeness (QED) is 0.691. The van der Waals surface area contributed by atoms with Gasteiger partial charge in [0.15, 0.2) is 6.79 Å². The van der Waals surface area contributed by atoms with Gasteiger partial charge in [0, 0.05) is 16.1 Å². The fourth-order valence-electron chi connectivity index (χ4n) is 2.98. The van der Waals surface area contributed by atoms with E-state index >= 15 is 0 Å². The smallest absolute Gasteiger partial charge is 0.342 e. The predicted octanol–water partition coefficient (Wildman–Crippen LogP) is 4.42. The molecular weight excluding hydrogens is 356 g/mol. The molecule has 132 valence electrons. The lowest BCUT2D eigenvalue weighted by Gasteiger charge is -2.21. The summed E-state index contributed by atoms with van der Waals surface area (Å²) in [7, 11) is 0. The van der Waals surface area contributed by atoms with Crippen molar-refractivity contribution in [3.05, 3.63) is 70.2 Å². The summed E-state index contributed by atoms with van der Waals surface area (Å²) in [6.07, 6.45) is 0. The number of carbonyl (C=O) groups is 1. The van der Waals surface area contributed by atoms with E-state index in [4.69, 9.17) is 25.8 Å². The normalized spacial score (nSPS) is 13.1. The van der Waals surface area contributed by atoms with Crippen LogP contribution in [0.1, 0.15) is 21.5 Å². The molecule has 4 rings (SSSR count). The van der Waals surface area contributed by atoms with Crippen molar-refractivity contribution in [1.82, 2.24) is 0 Å². The molecule has 0 spiro atoms. The van der Waals surface area contributed by atoms with Crippen molar-refractivity contribution < 1.29 is 24.1 Å². The minimum atomic E-state index is -0.617. The van der Waals surface area contributed by atoms with Gasteiger partial charge in [-0.1, -0.05) is 35.9 Å². The number of hydrogen-bond donors (Lipinski definition) is 1. The van der Waals surface area contributed by atoms with Gasteiger partial charge in [0.25, 0.3) is 0 Å². The van der Waals surface area contributed by atoms with Crippen LogP contribution in [0.25, 0.3) is 10.8 Å². The molecule has 0 aromatic heterocycles. The number of phenolic OH excluding ortho intramolecular Hbond substituents is 1. The second kappa shape index (κ2) is 6.86. The molecule has 1 heterocycles. The van der Waals surface area contributed by atoms with Crippen molar-refractivity contribution in [2.45, 2.75) is 13.2 Å². The zero-order chi connectivity index (χ0) is 18.1. The third-order valence-electron chi connectivity index (χ3n) is 4.19. The van der Waals surface area contributed by atoms with Gasteiger partial charge in [-0.05, 0) is 35.0 Å². The van der Waals surface area contributed by atoms with E-state index in [2.05, 4.69) is 0 Å². The first-order valence-electron chi connectivity index (χ1n) is 8.02. The fraction of sp³-hybridized carbons (Fsp3) is 0.150. The maximum atomic E-state index is 12.5. The van der Waals surface area contributed by atoms with Crippen LogP contribution in [0.5, 0.6) is 11.5 Å². The third kappa shape index (κ3) is 3.19. The van der Waals surface area contributed by atoms with E-state index in [9.17, 15) is 9.90 Å². The third-order valence-corrected chi connectivity index (χ3v) is 4.41. The first kappa shape index (κ1) is 16.7. The molecule has 1 N–H and O–H groups in total. The van der Waals surface area contributed by atoms with Crippen molar-refractivity contribution in [3.8, 4) is 11.5 Å². The standard InChI is InChI=1S/C20H15ClO5/c21-16-5-14-9-24-11-26-19(14)15(6-16)10-25-20(23)17-7-12-3-1-2-4-13(12)8-18(17)22/h1-8,22H,9-11H2. The highest BCUT2D eigenvalue weighted by Gasteiger charge is 2.19. The molecule has 3 aromatic rings. The van der Waals surface area contributed by atoms with E-state index in [0.717, 1.165) is 16.3 Å². The van der Waals surface area contributed by atoms with Gasteiger partial charge in [0.1, 0.15) is 23.7 Å². The monoisotopic (exact) mass is 370 g/mol. The van der Waals surface area contributed by atoms with Crippen LogP contribution >= 0.6 is 11.6 Å². The molecule has 1 aliphatic heterocycles. The van der Waals surface area contributed by atoms with Crippen LogP contribution in [-0.4, -0.2) is 17.9 Å². The first-order chi connectivity index (χ1) is 12.6. The lowest BCUT2D eigenvalue weighted by Crippen LogP contribution is -2.14. The summed E-state index contributed by atoms with van der Waals surface area (Å²) in [6.45, 7) is 0.511. The summed E-state index contributed by atoms with van der Waals surface area (Å²) in [4.78, 5) is 12.5. The van der Waals surface area contributed by atoms with Crippen LogP contribution in [0, 0.1) is 0 Å². The summed E-state index contributed by atoms with van der Waals surface area (Å²) < 4.78 is 16.1. The van der Waals surface area contributed by atoms with Gasteiger partial charge in [-0.2, -0.15) is 0 Å². The largest absolute Gasteiger partial charge is 0.507 e. The number of rotatable bonds is 3.